The highest BCUT2D eigenvalue weighted by molar-refractivity contribution is 5.68. The van der Waals surface area contributed by atoms with Crippen molar-refractivity contribution in [1.82, 2.24) is 0 Å². The molecule has 0 aliphatic rings. The first-order valence-electron chi connectivity index (χ1n) is 9.41. The number of rotatable bonds is 9. The Hall–Kier alpha value is -3.34. The van der Waals surface area contributed by atoms with Crippen molar-refractivity contribution in [2.45, 2.75) is 25.9 Å². The number of methoxy groups -OCH3 is 1. The van der Waals surface area contributed by atoms with Crippen molar-refractivity contribution < 1.29 is 23.8 Å². The summed E-state index contributed by atoms with van der Waals surface area (Å²) >= 11 is 0. The summed E-state index contributed by atoms with van der Waals surface area (Å²) in [6.45, 7) is 0.234. The van der Waals surface area contributed by atoms with Crippen LogP contribution in [-0.4, -0.2) is 18.2 Å². The Morgan fingerprint density at radius 3 is 2.31 bits per heavy atom. The summed E-state index contributed by atoms with van der Waals surface area (Å²) in [6, 6.07) is 19.8. The molecule has 150 valence electrons. The Kier molecular flexibility index (Phi) is 6.85. The monoisotopic (exact) mass is 394 g/mol. The number of halogens is 1. The number of benzene rings is 3. The molecule has 3 aromatic rings. The quantitative estimate of drug-likeness (QED) is 0.522. The summed E-state index contributed by atoms with van der Waals surface area (Å²) in [5, 5.41) is 8.71. The molecule has 29 heavy (non-hydrogen) atoms. The molecule has 5 heteroatoms. The summed E-state index contributed by atoms with van der Waals surface area (Å²) in [7, 11) is 1.61. The van der Waals surface area contributed by atoms with Gasteiger partial charge in [0.15, 0.2) is 0 Å². The van der Waals surface area contributed by atoms with Crippen LogP contribution in [-0.2, 0) is 17.8 Å². The Labute approximate surface area is 169 Å². The largest absolute Gasteiger partial charge is 0.497 e. The second-order valence-corrected chi connectivity index (χ2v) is 6.71. The number of hydrogen-bond donors (Lipinski definition) is 1. The van der Waals surface area contributed by atoms with Gasteiger partial charge in [-0.1, -0.05) is 30.3 Å². The first kappa shape index (κ1) is 20.4. The van der Waals surface area contributed by atoms with Crippen LogP contribution in [0.5, 0.6) is 11.5 Å². The van der Waals surface area contributed by atoms with E-state index in [4.69, 9.17) is 14.6 Å². The molecule has 0 bridgehead atoms. The first-order chi connectivity index (χ1) is 14.0. The molecule has 0 fully saturated rings. The van der Waals surface area contributed by atoms with Gasteiger partial charge >= 0.3 is 5.97 Å². The number of ether oxygens (including phenoxy) is 2. The standard InChI is InChI=1S/C24H23FO4/c1-28-21-12-7-18(8-13-21)23-14-9-20(25)15-19(23)16-29-22-10-5-17(6-11-22)3-2-4-24(26)27/h5-15H,2-4,16H2,1H3,(H,26,27). The summed E-state index contributed by atoms with van der Waals surface area (Å²) in [5.41, 5.74) is 3.67. The van der Waals surface area contributed by atoms with Crippen molar-refractivity contribution in [3.63, 3.8) is 0 Å². The summed E-state index contributed by atoms with van der Waals surface area (Å²) in [6.07, 6.45) is 1.47. The van der Waals surface area contributed by atoms with Crippen LogP contribution in [0.15, 0.2) is 66.7 Å². The highest BCUT2D eigenvalue weighted by Gasteiger charge is 2.09. The number of carboxylic acid groups (broad SMARTS) is 1. The minimum absolute atomic E-state index is 0.159. The van der Waals surface area contributed by atoms with E-state index in [-0.39, 0.29) is 18.8 Å². The van der Waals surface area contributed by atoms with E-state index in [0.717, 1.165) is 28.0 Å². The maximum atomic E-state index is 13.8. The number of hydrogen-bond acceptors (Lipinski definition) is 3. The minimum Gasteiger partial charge on any atom is -0.497 e. The van der Waals surface area contributed by atoms with Gasteiger partial charge < -0.3 is 14.6 Å². The predicted molar refractivity (Wildman–Crippen MR) is 110 cm³/mol. The molecule has 4 nitrogen and oxygen atoms in total. The second-order valence-electron chi connectivity index (χ2n) is 6.71. The van der Waals surface area contributed by atoms with Crippen LogP contribution < -0.4 is 9.47 Å². The van der Waals surface area contributed by atoms with Crippen LogP contribution in [0.1, 0.15) is 24.0 Å². The van der Waals surface area contributed by atoms with E-state index in [1.165, 1.54) is 12.1 Å². The zero-order valence-corrected chi connectivity index (χ0v) is 16.2. The van der Waals surface area contributed by atoms with Gasteiger partial charge in [-0.15, -0.1) is 0 Å². The Morgan fingerprint density at radius 2 is 1.66 bits per heavy atom. The highest BCUT2D eigenvalue weighted by atomic mass is 19.1. The van der Waals surface area contributed by atoms with Crippen molar-refractivity contribution >= 4 is 5.97 Å². The Bertz CT molecular complexity index is 950. The Morgan fingerprint density at radius 1 is 0.966 bits per heavy atom. The third kappa shape index (κ3) is 5.82. The lowest BCUT2D eigenvalue weighted by molar-refractivity contribution is -0.137. The molecule has 3 rings (SSSR count). The number of carboxylic acids is 1. The molecular weight excluding hydrogens is 371 g/mol. The molecular formula is C24H23FO4. The van der Waals surface area contributed by atoms with Crippen molar-refractivity contribution in [2.24, 2.45) is 0 Å². The third-order valence-corrected chi connectivity index (χ3v) is 4.64. The van der Waals surface area contributed by atoms with Crippen molar-refractivity contribution in [2.75, 3.05) is 7.11 Å². The fraction of sp³-hybridized carbons (Fsp3) is 0.208. The fourth-order valence-electron chi connectivity index (χ4n) is 3.09. The zero-order chi connectivity index (χ0) is 20.6. The third-order valence-electron chi connectivity index (χ3n) is 4.64. The van der Waals surface area contributed by atoms with Gasteiger partial charge in [0.1, 0.15) is 23.9 Å². The van der Waals surface area contributed by atoms with Crippen LogP contribution in [0.4, 0.5) is 4.39 Å². The molecule has 0 amide bonds. The summed E-state index contributed by atoms with van der Waals surface area (Å²) < 4.78 is 24.9. The van der Waals surface area contributed by atoms with Crippen LogP contribution in [0.25, 0.3) is 11.1 Å². The molecule has 0 saturated heterocycles. The number of aryl methyl sites for hydroxylation is 1. The van der Waals surface area contributed by atoms with E-state index in [1.54, 1.807) is 13.2 Å². The zero-order valence-electron chi connectivity index (χ0n) is 16.2. The van der Waals surface area contributed by atoms with Gasteiger partial charge in [-0.25, -0.2) is 4.39 Å². The smallest absolute Gasteiger partial charge is 0.303 e. The van der Waals surface area contributed by atoms with Gasteiger partial charge in [0.2, 0.25) is 0 Å². The van der Waals surface area contributed by atoms with Crippen LogP contribution in [0.2, 0.25) is 0 Å². The summed E-state index contributed by atoms with van der Waals surface area (Å²) in [5.74, 6) is 0.344. The minimum atomic E-state index is -0.785. The van der Waals surface area contributed by atoms with Crippen LogP contribution in [0, 0.1) is 5.82 Å². The van der Waals surface area contributed by atoms with Crippen LogP contribution >= 0.6 is 0 Å². The molecule has 0 unspecified atom stereocenters. The first-order valence-corrected chi connectivity index (χ1v) is 9.41. The van der Waals surface area contributed by atoms with Crippen LogP contribution in [0.3, 0.4) is 0 Å². The molecule has 0 spiro atoms. The van der Waals surface area contributed by atoms with Gasteiger partial charge in [0, 0.05) is 6.42 Å². The second kappa shape index (κ2) is 9.73. The van der Waals surface area contributed by atoms with E-state index in [9.17, 15) is 9.18 Å². The average molecular weight is 394 g/mol. The van der Waals surface area contributed by atoms with E-state index >= 15 is 0 Å². The van der Waals surface area contributed by atoms with E-state index in [0.29, 0.717) is 18.6 Å². The van der Waals surface area contributed by atoms with Gasteiger partial charge in [-0.05, 0) is 71.5 Å². The molecule has 0 aliphatic carbocycles. The SMILES string of the molecule is COc1ccc(-c2ccc(F)cc2COc2ccc(CCCC(=O)O)cc2)cc1. The van der Waals surface area contributed by atoms with E-state index in [2.05, 4.69) is 0 Å². The van der Waals surface area contributed by atoms with E-state index in [1.807, 2.05) is 48.5 Å². The average Bonchev–Trinajstić information content (AvgIpc) is 2.73. The molecule has 0 saturated carbocycles. The van der Waals surface area contributed by atoms with Gasteiger partial charge in [-0.2, -0.15) is 0 Å². The molecule has 0 aromatic heterocycles. The topological polar surface area (TPSA) is 55.8 Å². The predicted octanol–water partition coefficient (Wildman–Crippen LogP) is 5.49. The lowest BCUT2D eigenvalue weighted by Crippen LogP contribution is -1.99. The maximum Gasteiger partial charge on any atom is 0.303 e. The Balaban J connectivity index is 1.68. The molecule has 1 N–H and O–H groups in total. The lowest BCUT2D eigenvalue weighted by Gasteiger charge is -2.13. The van der Waals surface area contributed by atoms with Gasteiger partial charge in [-0.3, -0.25) is 4.79 Å². The lowest BCUT2D eigenvalue weighted by atomic mass is 10.00. The number of carbonyl (C=O) groups is 1. The molecule has 0 aliphatic heterocycles. The maximum absolute atomic E-state index is 13.8. The summed E-state index contributed by atoms with van der Waals surface area (Å²) in [4.78, 5) is 10.6. The van der Waals surface area contributed by atoms with Crippen molar-refractivity contribution in [3.8, 4) is 22.6 Å². The fourth-order valence-corrected chi connectivity index (χ4v) is 3.09. The number of aliphatic carboxylic acids is 1. The van der Waals surface area contributed by atoms with Gasteiger partial charge in [0.05, 0.1) is 7.11 Å². The van der Waals surface area contributed by atoms with E-state index < -0.39 is 5.97 Å². The molecule has 0 radical (unpaired) electrons. The normalized spacial score (nSPS) is 10.6. The van der Waals surface area contributed by atoms with Gasteiger partial charge in [0.25, 0.3) is 0 Å². The molecule has 0 atom stereocenters. The molecule has 0 heterocycles. The highest BCUT2D eigenvalue weighted by Crippen LogP contribution is 2.28. The van der Waals surface area contributed by atoms with Crippen molar-refractivity contribution in [1.29, 1.82) is 0 Å². The van der Waals surface area contributed by atoms with Crippen molar-refractivity contribution in [3.05, 3.63) is 83.7 Å². The molecule has 3 aromatic carbocycles.